The largest absolute Gasteiger partial charge is 0.478 e. The molecule has 0 spiro atoms. The van der Waals surface area contributed by atoms with Gasteiger partial charge in [-0.1, -0.05) is 19.3 Å². The van der Waals surface area contributed by atoms with Crippen molar-refractivity contribution in [3.8, 4) is 0 Å². The van der Waals surface area contributed by atoms with Crippen LogP contribution in [0.5, 0.6) is 0 Å². The lowest BCUT2D eigenvalue weighted by Gasteiger charge is -2.31. The number of carboxylic acid groups (broad SMARTS) is 1. The van der Waals surface area contributed by atoms with Crippen molar-refractivity contribution in [1.82, 2.24) is 5.32 Å². The Labute approximate surface area is 195 Å². The molecule has 3 aromatic rings. The highest BCUT2D eigenvalue weighted by atomic mass is 19.1. The van der Waals surface area contributed by atoms with Gasteiger partial charge in [-0.05, 0) is 56.0 Å². The standard InChI is InChI=1S/C26H26F2N2O4/c1-15-20-13-18(27)14-21(28)25(20)34-24(15)23(16-5-3-2-4-6-16)30-19-9-7-17(8-10-19)26(33)29-12-11-22(31)32/h7-14,16,23,30H,2-6H2,1H3,(H,29,33)(H,31,32)/b12-11+. The van der Waals surface area contributed by atoms with E-state index in [1.54, 1.807) is 24.3 Å². The van der Waals surface area contributed by atoms with E-state index in [0.29, 0.717) is 22.3 Å². The van der Waals surface area contributed by atoms with Gasteiger partial charge in [-0.25, -0.2) is 13.6 Å². The molecule has 1 fully saturated rings. The minimum atomic E-state index is -1.16. The molecule has 4 rings (SSSR count). The summed E-state index contributed by atoms with van der Waals surface area (Å²) in [5.41, 5.74) is 1.88. The van der Waals surface area contributed by atoms with Crippen LogP contribution in [0.4, 0.5) is 14.5 Å². The molecule has 1 saturated carbocycles. The van der Waals surface area contributed by atoms with E-state index in [2.05, 4.69) is 10.6 Å². The third kappa shape index (κ3) is 5.11. The fourth-order valence-electron chi connectivity index (χ4n) is 4.59. The number of carbonyl (C=O) groups is 2. The van der Waals surface area contributed by atoms with Crippen LogP contribution in [0.3, 0.4) is 0 Å². The number of aliphatic carboxylic acids is 1. The Bertz CT molecular complexity index is 1230. The van der Waals surface area contributed by atoms with Crippen LogP contribution in [-0.4, -0.2) is 17.0 Å². The molecule has 3 N–H and O–H groups in total. The number of benzene rings is 2. The molecule has 2 aromatic carbocycles. The highest BCUT2D eigenvalue weighted by Gasteiger charge is 2.30. The van der Waals surface area contributed by atoms with E-state index < -0.39 is 23.5 Å². The van der Waals surface area contributed by atoms with Gasteiger partial charge in [-0.3, -0.25) is 4.79 Å². The van der Waals surface area contributed by atoms with Crippen molar-refractivity contribution in [1.29, 1.82) is 0 Å². The average molecular weight is 469 g/mol. The zero-order valence-electron chi connectivity index (χ0n) is 18.7. The van der Waals surface area contributed by atoms with Crippen molar-refractivity contribution in [2.75, 3.05) is 5.32 Å². The van der Waals surface area contributed by atoms with Crippen LogP contribution in [0.2, 0.25) is 0 Å². The predicted octanol–water partition coefficient (Wildman–Crippen LogP) is 6.08. The second kappa shape index (κ2) is 10.1. The van der Waals surface area contributed by atoms with Gasteiger partial charge in [0, 0.05) is 40.5 Å². The number of halogens is 2. The second-order valence-corrected chi connectivity index (χ2v) is 8.60. The quantitative estimate of drug-likeness (QED) is 0.366. The fourth-order valence-corrected chi connectivity index (χ4v) is 4.59. The van der Waals surface area contributed by atoms with Crippen molar-refractivity contribution in [2.45, 2.75) is 45.1 Å². The number of hydrogen-bond donors (Lipinski definition) is 3. The smallest absolute Gasteiger partial charge is 0.329 e. The van der Waals surface area contributed by atoms with Crippen molar-refractivity contribution in [3.05, 3.63) is 77.2 Å². The van der Waals surface area contributed by atoms with Crippen LogP contribution in [0.25, 0.3) is 11.0 Å². The first-order valence-electron chi connectivity index (χ1n) is 11.3. The van der Waals surface area contributed by atoms with E-state index >= 15 is 0 Å². The molecule has 0 bridgehead atoms. The third-order valence-electron chi connectivity index (χ3n) is 6.31. The van der Waals surface area contributed by atoms with E-state index in [4.69, 9.17) is 9.52 Å². The molecule has 1 aliphatic carbocycles. The number of amides is 1. The monoisotopic (exact) mass is 468 g/mol. The zero-order valence-corrected chi connectivity index (χ0v) is 18.7. The minimum absolute atomic E-state index is 0.0537. The van der Waals surface area contributed by atoms with Crippen LogP contribution >= 0.6 is 0 Å². The summed E-state index contributed by atoms with van der Waals surface area (Å²) in [7, 11) is 0. The van der Waals surface area contributed by atoms with Gasteiger partial charge in [-0.15, -0.1) is 0 Å². The zero-order chi connectivity index (χ0) is 24.2. The Morgan fingerprint density at radius 1 is 1.12 bits per heavy atom. The average Bonchev–Trinajstić information content (AvgIpc) is 3.14. The molecule has 1 aromatic heterocycles. The van der Waals surface area contributed by atoms with E-state index in [-0.39, 0.29) is 17.5 Å². The summed E-state index contributed by atoms with van der Waals surface area (Å²) in [6.07, 6.45) is 7.24. The van der Waals surface area contributed by atoms with Crippen LogP contribution in [-0.2, 0) is 4.79 Å². The van der Waals surface area contributed by atoms with Crippen LogP contribution < -0.4 is 10.6 Å². The molecule has 8 heteroatoms. The van der Waals surface area contributed by atoms with Crippen molar-refractivity contribution < 1.29 is 27.9 Å². The summed E-state index contributed by atoms with van der Waals surface area (Å²) in [5.74, 6) is -2.11. The predicted molar refractivity (Wildman–Crippen MR) is 124 cm³/mol. The SMILES string of the molecule is Cc1c(C(Nc2ccc(C(=O)N/C=C/C(=O)O)cc2)C2CCCCC2)oc2c(F)cc(F)cc12. The first-order valence-corrected chi connectivity index (χ1v) is 11.3. The highest BCUT2D eigenvalue weighted by Crippen LogP contribution is 2.41. The number of aryl methyl sites for hydroxylation is 1. The molecule has 0 radical (unpaired) electrons. The molecule has 34 heavy (non-hydrogen) atoms. The molecule has 178 valence electrons. The molecule has 6 nitrogen and oxygen atoms in total. The summed E-state index contributed by atoms with van der Waals surface area (Å²) in [4.78, 5) is 22.7. The van der Waals surface area contributed by atoms with Gasteiger partial charge < -0.3 is 20.2 Å². The number of nitrogens with one attached hydrogen (secondary N) is 2. The van der Waals surface area contributed by atoms with E-state index in [0.717, 1.165) is 49.7 Å². The molecule has 1 amide bonds. The molecular weight excluding hydrogens is 442 g/mol. The van der Waals surface area contributed by atoms with E-state index in [9.17, 15) is 18.4 Å². The van der Waals surface area contributed by atoms with Crippen molar-refractivity contribution in [2.24, 2.45) is 5.92 Å². The summed E-state index contributed by atoms with van der Waals surface area (Å²) in [6, 6.07) is 8.65. The number of hydrogen-bond acceptors (Lipinski definition) is 4. The Morgan fingerprint density at radius 3 is 2.50 bits per heavy atom. The first-order chi connectivity index (χ1) is 16.3. The lowest BCUT2D eigenvalue weighted by Crippen LogP contribution is -2.23. The maximum absolute atomic E-state index is 14.4. The van der Waals surface area contributed by atoms with Crippen LogP contribution in [0.1, 0.15) is 59.8 Å². The molecule has 1 aliphatic rings. The normalized spacial score (nSPS) is 15.5. The number of anilines is 1. The van der Waals surface area contributed by atoms with Gasteiger partial charge in [0.2, 0.25) is 0 Å². The minimum Gasteiger partial charge on any atom is -0.478 e. The van der Waals surface area contributed by atoms with Crippen molar-refractivity contribution in [3.63, 3.8) is 0 Å². The van der Waals surface area contributed by atoms with Gasteiger partial charge in [-0.2, -0.15) is 0 Å². The molecule has 0 aliphatic heterocycles. The van der Waals surface area contributed by atoms with Gasteiger partial charge in [0.05, 0.1) is 6.04 Å². The number of fused-ring (bicyclic) bond motifs is 1. The van der Waals surface area contributed by atoms with Gasteiger partial charge in [0.25, 0.3) is 5.91 Å². The topological polar surface area (TPSA) is 91.6 Å². The van der Waals surface area contributed by atoms with Gasteiger partial charge in [0.1, 0.15) is 11.6 Å². The van der Waals surface area contributed by atoms with Crippen LogP contribution in [0, 0.1) is 24.5 Å². The van der Waals surface area contributed by atoms with Crippen molar-refractivity contribution >= 4 is 28.5 Å². The number of carbonyl (C=O) groups excluding carboxylic acids is 1. The summed E-state index contributed by atoms with van der Waals surface area (Å²) in [6.45, 7) is 1.82. The van der Waals surface area contributed by atoms with Crippen LogP contribution in [0.15, 0.2) is 53.1 Å². The first kappa shape index (κ1) is 23.5. The molecular formula is C26H26F2N2O4. The van der Waals surface area contributed by atoms with E-state index in [1.807, 2.05) is 6.92 Å². The third-order valence-corrected chi connectivity index (χ3v) is 6.31. The van der Waals surface area contributed by atoms with Gasteiger partial charge in [0.15, 0.2) is 11.4 Å². The molecule has 0 saturated heterocycles. The number of rotatable bonds is 7. The number of furan rings is 1. The number of carboxylic acids is 1. The maximum Gasteiger partial charge on any atom is 0.329 e. The fraction of sp³-hybridized carbons (Fsp3) is 0.308. The van der Waals surface area contributed by atoms with E-state index in [1.165, 1.54) is 12.5 Å². The highest BCUT2D eigenvalue weighted by molar-refractivity contribution is 5.95. The van der Waals surface area contributed by atoms with Gasteiger partial charge >= 0.3 is 5.97 Å². The molecule has 1 unspecified atom stereocenters. The summed E-state index contributed by atoms with van der Waals surface area (Å²) in [5, 5.41) is 14.9. The lowest BCUT2D eigenvalue weighted by molar-refractivity contribution is -0.131. The summed E-state index contributed by atoms with van der Waals surface area (Å²) >= 11 is 0. The maximum atomic E-state index is 14.4. The Morgan fingerprint density at radius 2 is 1.82 bits per heavy atom. The lowest BCUT2D eigenvalue weighted by atomic mass is 9.82. The Kier molecular flexibility index (Phi) is 6.95. The Hall–Kier alpha value is -3.68. The molecule has 1 heterocycles. The Balaban J connectivity index is 1.61. The molecule has 1 atom stereocenters. The summed E-state index contributed by atoms with van der Waals surface area (Å²) < 4.78 is 34.2. The second-order valence-electron chi connectivity index (χ2n) is 8.60.